The average molecular weight is 365 g/mol. The summed E-state index contributed by atoms with van der Waals surface area (Å²) in [5.74, 6) is 0.340. The Morgan fingerprint density at radius 1 is 1.23 bits per heavy atom. The van der Waals surface area contributed by atoms with Gasteiger partial charge in [0.1, 0.15) is 0 Å². The van der Waals surface area contributed by atoms with Crippen molar-refractivity contribution >= 4 is 29.0 Å². The Morgan fingerprint density at radius 3 is 2.65 bits per heavy atom. The minimum Gasteiger partial charge on any atom is -0.345 e. The normalized spacial score (nSPS) is 15.0. The van der Waals surface area contributed by atoms with Gasteiger partial charge in [-0.3, -0.25) is 14.2 Å². The van der Waals surface area contributed by atoms with Gasteiger partial charge in [-0.25, -0.2) is 0 Å². The van der Waals surface area contributed by atoms with Crippen LogP contribution in [0.3, 0.4) is 0 Å². The lowest BCUT2D eigenvalue weighted by atomic mass is 10.0. The van der Waals surface area contributed by atoms with Gasteiger partial charge in [0.2, 0.25) is 0 Å². The van der Waals surface area contributed by atoms with Crippen LogP contribution in [0.2, 0.25) is 0 Å². The summed E-state index contributed by atoms with van der Waals surface area (Å²) < 4.78 is 1.72. The van der Waals surface area contributed by atoms with Crippen molar-refractivity contribution in [3.05, 3.63) is 74.8 Å². The predicted octanol–water partition coefficient (Wildman–Crippen LogP) is 3.48. The number of hydrogen-bond donors (Lipinski definition) is 2. The Morgan fingerprint density at radius 2 is 1.96 bits per heavy atom. The molecule has 1 aromatic heterocycles. The molecule has 1 aliphatic carbocycles. The van der Waals surface area contributed by atoms with Crippen LogP contribution in [-0.4, -0.2) is 15.5 Å². The molecule has 0 radical (unpaired) electrons. The minimum absolute atomic E-state index is 0.0153. The van der Waals surface area contributed by atoms with Gasteiger partial charge < -0.3 is 10.3 Å². The molecule has 6 heteroatoms. The van der Waals surface area contributed by atoms with Gasteiger partial charge in [0.15, 0.2) is 4.77 Å². The molecule has 2 N–H and O–H groups in total. The number of fused-ring (bicyclic) bond motifs is 1. The monoisotopic (exact) mass is 365 g/mol. The zero-order valence-electron chi connectivity index (χ0n) is 14.4. The summed E-state index contributed by atoms with van der Waals surface area (Å²) in [7, 11) is 1.63. The number of rotatable bonds is 4. The number of carbonyl (C=O) groups is 1. The highest BCUT2D eigenvalue weighted by Gasteiger charge is 2.33. The second-order valence-electron chi connectivity index (χ2n) is 6.75. The minimum atomic E-state index is -0.171. The first-order valence-electron chi connectivity index (χ1n) is 8.63. The molecule has 1 heterocycles. The standard InChI is InChI=1S/C20H19N3O2S/c1-23-19(25)15-10-9-14(11-16(15)21-20(23)26)18(24)22-17(13-7-8-13)12-5-3-2-4-6-12/h2-6,9-11,13,17H,7-8H2,1H3,(H,21,26)(H,22,24)/t17-/m1/s1. The summed E-state index contributed by atoms with van der Waals surface area (Å²) >= 11 is 5.16. The molecule has 4 rings (SSSR count). The third kappa shape index (κ3) is 3.08. The van der Waals surface area contributed by atoms with Crippen molar-refractivity contribution in [2.45, 2.75) is 18.9 Å². The van der Waals surface area contributed by atoms with E-state index in [4.69, 9.17) is 12.2 Å². The first-order chi connectivity index (χ1) is 12.5. The van der Waals surface area contributed by atoms with Gasteiger partial charge in [-0.1, -0.05) is 30.3 Å². The Hall–Kier alpha value is -2.73. The van der Waals surface area contributed by atoms with Gasteiger partial charge in [0.05, 0.1) is 16.9 Å². The number of nitrogens with one attached hydrogen (secondary N) is 2. The lowest BCUT2D eigenvalue weighted by molar-refractivity contribution is 0.0932. The van der Waals surface area contributed by atoms with Gasteiger partial charge in [-0.15, -0.1) is 0 Å². The number of aromatic nitrogens is 2. The van der Waals surface area contributed by atoms with Crippen LogP contribution in [0, 0.1) is 10.7 Å². The van der Waals surface area contributed by atoms with Crippen molar-refractivity contribution in [1.29, 1.82) is 0 Å². The van der Waals surface area contributed by atoms with Crippen LogP contribution < -0.4 is 10.9 Å². The summed E-state index contributed by atoms with van der Waals surface area (Å²) in [4.78, 5) is 28.1. The number of hydrogen-bond acceptors (Lipinski definition) is 3. The number of aromatic amines is 1. The van der Waals surface area contributed by atoms with E-state index >= 15 is 0 Å². The Balaban J connectivity index is 1.66. The largest absolute Gasteiger partial charge is 0.345 e. The molecule has 0 unspecified atom stereocenters. The molecule has 0 aliphatic heterocycles. The molecule has 1 amide bonds. The van der Waals surface area contributed by atoms with Crippen molar-refractivity contribution in [3.63, 3.8) is 0 Å². The third-order valence-electron chi connectivity index (χ3n) is 4.90. The Labute approximate surface area is 155 Å². The van der Waals surface area contributed by atoms with E-state index in [-0.39, 0.29) is 17.5 Å². The summed E-state index contributed by atoms with van der Waals surface area (Å²) in [6.07, 6.45) is 2.25. The number of carbonyl (C=O) groups excluding carboxylic acids is 1. The van der Waals surface area contributed by atoms with Crippen LogP contribution in [0.25, 0.3) is 10.9 Å². The van der Waals surface area contributed by atoms with Crippen molar-refractivity contribution in [3.8, 4) is 0 Å². The highest BCUT2D eigenvalue weighted by molar-refractivity contribution is 7.71. The molecule has 1 saturated carbocycles. The average Bonchev–Trinajstić information content (AvgIpc) is 3.49. The van der Waals surface area contributed by atoms with Gasteiger partial charge >= 0.3 is 0 Å². The molecule has 3 aromatic rings. The molecule has 26 heavy (non-hydrogen) atoms. The maximum Gasteiger partial charge on any atom is 0.261 e. The van der Waals surface area contributed by atoms with E-state index in [1.54, 1.807) is 25.2 Å². The molecular formula is C20H19N3O2S. The summed E-state index contributed by atoms with van der Waals surface area (Å²) in [5.41, 5.74) is 2.04. The van der Waals surface area contributed by atoms with Gasteiger partial charge in [-0.05, 0) is 54.7 Å². The lowest BCUT2D eigenvalue weighted by Gasteiger charge is -2.19. The quantitative estimate of drug-likeness (QED) is 0.696. The molecule has 0 spiro atoms. The second kappa shape index (κ2) is 6.53. The van der Waals surface area contributed by atoms with Gasteiger partial charge in [-0.2, -0.15) is 0 Å². The predicted molar refractivity (Wildman–Crippen MR) is 104 cm³/mol. The first kappa shape index (κ1) is 16.7. The molecular weight excluding hydrogens is 346 g/mol. The highest BCUT2D eigenvalue weighted by atomic mass is 32.1. The number of amides is 1. The van der Waals surface area contributed by atoms with Crippen LogP contribution in [-0.2, 0) is 7.05 Å². The fourth-order valence-electron chi connectivity index (χ4n) is 3.24. The zero-order valence-corrected chi connectivity index (χ0v) is 15.2. The summed E-state index contributed by atoms with van der Waals surface area (Å²) in [5, 5.41) is 3.67. The fourth-order valence-corrected chi connectivity index (χ4v) is 3.43. The lowest BCUT2D eigenvalue weighted by Crippen LogP contribution is -2.30. The van der Waals surface area contributed by atoms with Crippen molar-refractivity contribution in [2.75, 3.05) is 0 Å². The summed E-state index contributed by atoms with van der Waals surface area (Å²) in [6.45, 7) is 0. The second-order valence-corrected chi connectivity index (χ2v) is 7.14. The van der Waals surface area contributed by atoms with Crippen LogP contribution in [0.15, 0.2) is 53.3 Å². The summed E-state index contributed by atoms with van der Waals surface area (Å²) in [6, 6.07) is 15.1. The highest BCUT2D eigenvalue weighted by Crippen LogP contribution is 2.41. The maximum atomic E-state index is 12.8. The van der Waals surface area contributed by atoms with Crippen LogP contribution in [0.5, 0.6) is 0 Å². The van der Waals surface area contributed by atoms with E-state index in [0.29, 0.717) is 27.2 Å². The van der Waals surface area contributed by atoms with Crippen molar-refractivity contribution in [2.24, 2.45) is 13.0 Å². The van der Waals surface area contributed by atoms with E-state index in [0.717, 1.165) is 18.4 Å². The van der Waals surface area contributed by atoms with E-state index in [1.807, 2.05) is 30.3 Å². The molecule has 1 aliphatic rings. The third-order valence-corrected chi connectivity index (χ3v) is 5.28. The number of nitrogens with zero attached hydrogens (tertiary/aromatic N) is 1. The smallest absolute Gasteiger partial charge is 0.261 e. The number of H-pyrrole nitrogens is 1. The van der Waals surface area contributed by atoms with E-state index in [9.17, 15) is 9.59 Å². The molecule has 1 fully saturated rings. The van der Waals surface area contributed by atoms with E-state index < -0.39 is 0 Å². The molecule has 1 atom stereocenters. The molecule has 5 nitrogen and oxygen atoms in total. The van der Waals surface area contributed by atoms with Gasteiger partial charge in [0, 0.05) is 12.6 Å². The van der Waals surface area contributed by atoms with Crippen LogP contribution in [0.1, 0.15) is 34.8 Å². The molecule has 132 valence electrons. The zero-order chi connectivity index (χ0) is 18.3. The van der Waals surface area contributed by atoms with Gasteiger partial charge in [0.25, 0.3) is 11.5 Å². The molecule has 0 saturated heterocycles. The Kier molecular flexibility index (Phi) is 4.20. The van der Waals surface area contributed by atoms with E-state index in [2.05, 4.69) is 10.3 Å². The van der Waals surface area contributed by atoms with E-state index in [1.165, 1.54) is 4.57 Å². The number of benzene rings is 2. The Bertz CT molecular complexity index is 1100. The SMILES string of the molecule is Cn1c(=S)[nH]c2cc(C(=O)N[C@H](c3ccccc3)C3CC3)ccc2c1=O. The fraction of sp³-hybridized carbons (Fsp3) is 0.250. The molecule has 0 bridgehead atoms. The van der Waals surface area contributed by atoms with Crippen LogP contribution >= 0.6 is 12.2 Å². The van der Waals surface area contributed by atoms with Crippen molar-refractivity contribution < 1.29 is 4.79 Å². The van der Waals surface area contributed by atoms with Crippen molar-refractivity contribution in [1.82, 2.24) is 14.9 Å². The first-order valence-corrected chi connectivity index (χ1v) is 9.04. The topological polar surface area (TPSA) is 66.9 Å². The maximum absolute atomic E-state index is 12.8. The molecule has 2 aromatic carbocycles. The van der Waals surface area contributed by atoms with Crippen LogP contribution in [0.4, 0.5) is 0 Å².